The second kappa shape index (κ2) is 5.56. The first-order valence-corrected chi connectivity index (χ1v) is 5.13. The van der Waals surface area contributed by atoms with Crippen molar-refractivity contribution >= 4 is 5.91 Å². The Kier molecular flexibility index (Phi) is 4.37. The molecule has 4 nitrogen and oxygen atoms in total. The number of aliphatic hydroxyl groups is 1. The highest BCUT2D eigenvalue weighted by Gasteiger charge is 2.04. The zero-order valence-electron chi connectivity index (χ0n) is 9.23. The molecule has 1 unspecified atom stereocenters. The van der Waals surface area contributed by atoms with Crippen molar-refractivity contribution in [3.8, 4) is 0 Å². The molecule has 1 aromatic heterocycles. The number of carbonyl (C=O) groups is 1. The highest BCUT2D eigenvalue weighted by atomic mass is 16.3. The zero-order valence-corrected chi connectivity index (χ0v) is 9.23. The molecule has 2 N–H and O–H groups in total. The van der Waals surface area contributed by atoms with Crippen LogP contribution in [0.25, 0.3) is 0 Å². The van der Waals surface area contributed by atoms with Crippen LogP contribution in [0.3, 0.4) is 0 Å². The second-order valence-corrected chi connectivity index (χ2v) is 3.85. The summed E-state index contributed by atoms with van der Waals surface area (Å²) in [6.45, 7) is 2.24. The number of hydrogen-bond acceptors (Lipinski definition) is 2. The highest BCUT2D eigenvalue weighted by molar-refractivity contribution is 5.75. The Morgan fingerprint density at radius 2 is 2.40 bits per heavy atom. The average molecular weight is 210 g/mol. The summed E-state index contributed by atoms with van der Waals surface area (Å²) in [6.07, 6.45) is 4.39. The van der Waals surface area contributed by atoms with Gasteiger partial charge in [-0.1, -0.05) is 0 Å². The molecule has 0 aliphatic heterocycles. The maximum Gasteiger partial charge on any atom is 0.220 e. The van der Waals surface area contributed by atoms with Crippen molar-refractivity contribution in [2.24, 2.45) is 7.05 Å². The van der Waals surface area contributed by atoms with Crippen LogP contribution in [-0.4, -0.2) is 21.7 Å². The molecule has 4 heteroatoms. The van der Waals surface area contributed by atoms with Gasteiger partial charge in [-0.2, -0.15) is 0 Å². The maximum absolute atomic E-state index is 11.3. The highest BCUT2D eigenvalue weighted by Crippen LogP contribution is 2.00. The van der Waals surface area contributed by atoms with Gasteiger partial charge in [0.25, 0.3) is 0 Å². The zero-order chi connectivity index (χ0) is 11.3. The normalized spacial score (nSPS) is 12.5. The fourth-order valence-corrected chi connectivity index (χ4v) is 1.29. The van der Waals surface area contributed by atoms with E-state index in [1.165, 1.54) is 0 Å². The molecule has 0 saturated carbocycles. The lowest BCUT2D eigenvalue weighted by atomic mass is 10.2. The standard InChI is InChI=1S/C11H18N2O2/c1-9(14)3-4-11(15)12-7-10-5-6-13(2)8-10/h5-6,8-9,14H,3-4,7H2,1-2H3,(H,12,15). The van der Waals surface area contributed by atoms with E-state index >= 15 is 0 Å². The van der Waals surface area contributed by atoms with E-state index in [1.54, 1.807) is 6.92 Å². The third kappa shape index (κ3) is 4.65. The number of aromatic nitrogens is 1. The van der Waals surface area contributed by atoms with Crippen molar-refractivity contribution in [1.29, 1.82) is 0 Å². The van der Waals surface area contributed by atoms with Crippen molar-refractivity contribution in [3.05, 3.63) is 24.0 Å². The Morgan fingerprint density at radius 1 is 1.67 bits per heavy atom. The Labute approximate surface area is 89.9 Å². The van der Waals surface area contributed by atoms with Gasteiger partial charge in [0.2, 0.25) is 5.91 Å². The molecule has 1 atom stereocenters. The van der Waals surface area contributed by atoms with Crippen LogP contribution in [0.1, 0.15) is 25.3 Å². The van der Waals surface area contributed by atoms with Crippen molar-refractivity contribution in [2.75, 3.05) is 0 Å². The lowest BCUT2D eigenvalue weighted by Crippen LogP contribution is -2.23. The van der Waals surface area contributed by atoms with Crippen LogP contribution in [0.5, 0.6) is 0 Å². The summed E-state index contributed by atoms with van der Waals surface area (Å²) < 4.78 is 1.94. The van der Waals surface area contributed by atoms with Crippen LogP contribution < -0.4 is 5.32 Å². The fraction of sp³-hybridized carbons (Fsp3) is 0.545. The van der Waals surface area contributed by atoms with Gasteiger partial charge in [0.15, 0.2) is 0 Å². The van der Waals surface area contributed by atoms with Gasteiger partial charge in [0.1, 0.15) is 0 Å². The third-order valence-electron chi connectivity index (χ3n) is 2.17. The van der Waals surface area contributed by atoms with Gasteiger partial charge < -0.3 is 15.0 Å². The smallest absolute Gasteiger partial charge is 0.220 e. The Balaban J connectivity index is 2.22. The molecule has 0 saturated heterocycles. The minimum Gasteiger partial charge on any atom is -0.393 e. The van der Waals surface area contributed by atoms with Crippen LogP contribution in [0.2, 0.25) is 0 Å². The minimum atomic E-state index is -0.410. The van der Waals surface area contributed by atoms with E-state index in [9.17, 15) is 4.79 Å². The van der Waals surface area contributed by atoms with E-state index in [0.717, 1.165) is 5.56 Å². The first-order valence-electron chi connectivity index (χ1n) is 5.13. The lowest BCUT2D eigenvalue weighted by molar-refractivity contribution is -0.121. The summed E-state index contributed by atoms with van der Waals surface area (Å²) in [5.41, 5.74) is 1.09. The molecule has 1 aromatic rings. The van der Waals surface area contributed by atoms with E-state index < -0.39 is 6.10 Å². The van der Waals surface area contributed by atoms with Gasteiger partial charge in [-0.25, -0.2) is 0 Å². The van der Waals surface area contributed by atoms with E-state index in [4.69, 9.17) is 5.11 Å². The largest absolute Gasteiger partial charge is 0.393 e. The van der Waals surface area contributed by atoms with E-state index in [1.807, 2.05) is 30.1 Å². The predicted octanol–water partition coefficient (Wildman–Crippen LogP) is 0.802. The quantitative estimate of drug-likeness (QED) is 0.755. The monoisotopic (exact) mass is 210 g/mol. The van der Waals surface area contributed by atoms with Gasteiger partial charge in [0, 0.05) is 32.4 Å². The van der Waals surface area contributed by atoms with Crippen molar-refractivity contribution in [1.82, 2.24) is 9.88 Å². The molecular formula is C11H18N2O2. The summed E-state index contributed by atoms with van der Waals surface area (Å²) in [7, 11) is 1.94. The van der Waals surface area contributed by atoms with E-state index in [2.05, 4.69) is 5.32 Å². The van der Waals surface area contributed by atoms with Gasteiger partial charge >= 0.3 is 0 Å². The Morgan fingerprint density at radius 3 is 2.93 bits per heavy atom. The average Bonchev–Trinajstić information content (AvgIpc) is 2.58. The number of amides is 1. The summed E-state index contributed by atoms with van der Waals surface area (Å²) >= 11 is 0. The number of hydrogen-bond donors (Lipinski definition) is 2. The number of aryl methyl sites for hydroxylation is 1. The maximum atomic E-state index is 11.3. The second-order valence-electron chi connectivity index (χ2n) is 3.85. The van der Waals surface area contributed by atoms with Gasteiger partial charge in [0.05, 0.1) is 6.10 Å². The van der Waals surface area contributed by atoms with Crippen LogP contribution in [-0.2, 0) is 18.4 Å². The molecule has 0 bridgehead atoms. The SMILES string of the molecule is CC(O)CCC(=O)NCc1ccn(C)c1. The topological polar surface area (TPSA) is 54.3 Å². The van der Waals surface area contributed by atoms with Crippen molar-refractivity contribution in [2.45, 2.75) is 32.4 Å². The predicted molar refractivity (Wildman–Crippen MR) is 58.2 cm³/mol. The molecule has 15 heavy (non-hydrogen) atoms. The van der Waals surface area contributed by atoms with Gasteiger partial charge in [-0.3, -0.25) is 4.79 Å². The van der Waals surface area contributed by atoms with Crippen LogP contribution in [0, 0.1) is 0 Å². The minimum absolute atomic E-state index is 0.0141. The Bertz CT molecular complexity index is 318. The number of carbonyl (C=O) groups excluding carboxylic acids is 1. The first-order chi connectivity index (χ1) is 7.08. The Hall–Kier alpha value is -1.29. The summed E-state index contributed by atoms with van der Waals surface area (Å²) in [6, 6.07) is 1.97. The molecule has 0 radical (unpaired) electrons. The van der Waals surface area contributed by atoms with Crippen molar-refractivity contribution in [3.63, 3.8) is 0 Å². The lowest BCUT2D eigenvalue weighted by Gasteiger charge is -2.05. The molecule has 0 aromatic carbocycles. The fourth-order valence-electron chi connectivity index (χ4n) is 1.29. The molecule has 0 spiro atoms. The number of rotatable bonds is 5. The molecule has 84 valence electrons. The number of nitrogens with one attached hydrogen (secondary N) is 1. The molecule has 1 amide bonds. The molecule has 0 aliphatic carbocycles. The summed E-state index contributed by atoms with van der Waals surface area (Å²) in [4.78, 5) is 11.3. The summed E-state index contributed by atoms with van der Waals surface area (Å²) in [5.74, 6) is -0.0141. The molecule has 1 heterocycles. The van der Waals surface area contributed by atoms with Crippen LogP contribution >= 0.6 is 0 Å². The molecular weight excluding hydrogens is 192 g/mol. The van der Waals surface area contributed by atoms with Crippen LogP contribution in [0.15, 0.2) is 18.5 Å². The summed E-state index contributed by atoms with van der Waals surface area (Å²) in [5, 5.41) is 11.8. The van der Waals surface area contributed by atoms with Crippen LogP contribution in [0.4, 0.5) is 0 Å². The first kappa shape index (κ1) is 11.8. The number of aliphatic hydroxyl groups excluding tert-OH is 1. The number of nitrogens with zero attached hydrogens (tertiary/aromatic N) is 1. The van der Waals surface area contributed by atoms with E-state index in [-0.39, 0.29) is 5.91 Å². The third-order valence-corrected chi connectivity index (χ3v) is 2.17. The molecule has 1 rings (SSSR count). The van der Waals surface area contributed by atoms with Crippen molar-refractivity contribution < 1.29 is 9.90 Å². The molecule has 0 fully saturated rings. The van der Waals surface area contributed by atoms with E-state index in [0.29, 0.717) is 19.4 Å². The molecule has 0 aliphatic rings. The van der Waals surface area contributed by atoms with Gasteiger partial charge in [-0.15, -0.1) is 0 Å². The van der Waals surface area contributed by atoms with Gasteiger partial charge in [-0.05, 0) is 25.0 Å².